The molecule has 1 N–H and O–H groups in total. The molecule has 2 heterocycles. The summed E-state index contributed by atoms with van der Waals surface area (Å²) in [5.41, 5.74) is 0.635. The van der Waals surface area contributed by atoms with Gasteiger partial charge in [0, 0.05) is 43.5 Å². The molecule has 18 heavy (non-hydrogen) atoms. The number of likely N-dealkylation sites (tertiary alicyclic amines) is 1. The van der Waals surface area contributed by atoms with Gasteiger partial charge in [-0.3, -0.25) is 9.69 Å². The van der Waals surface area contributed by atoms with E-state index in [1.54, 1.807) is 0 Å². The molecular weight excluding hydrogens is 228 g/mol. The Morgan fingerprint density at radius 3 is 2.83 bits per heavy atom. The van der Waals surface area contributed by atoms with Gasteiger partial charge in [-0.05, 0) is 12.5 Å². The van der Waals surface area contributed by atoms with Gasteiger partial charge in [-0.2, -0.15) is 0 Å². The van der Waals surface area contributed by atoms with Crippen molar-refractivity contribution in [3.05, 3.63) is 24.0 Å². The Morgan fingerprint density at radius 2 is 2.28 bits per heavy atom. The third-order valence-electron chi connectivity index (χ3n) is 3.77. The molecule has 1 aliphatic heterocycles. The lowest BCUT2D eigenvalue weighted by atomic mass is 9.81. The number of piperidine rings is 1. The Hall–Kier alpha value is -1.13. The van der Waals surface area contributed by atoms with Gasteiger partial charge in [0.1, 0.15) is 0 Å². The largest absolute Gasteiger partial charge is 0.392 e. The number of ketones is 1. The van der Waals surface area contributed by atoms with E-state index in [1.165, 1.54) is 0 Å². The highest BCUT2D eigenvalue weighted by molar-refractivity contribution is 5.97. The zero-order chi connectivity index (χ0) is 13.3. The van der Waals surface area contributed by atoms with E-state index in [0.29, 0.717) is 6.54 Å². The zero-order valence-corrected chi connectivity index (χ0v) is 11.4. The summed E-state index contributed by atoms with van der Waals surface area (Å²) < 4.78 is 1.89. The number of aliphatic hydroxyl groups excluding tert-OH is 1. The van der Waals surface area contributed by atoms with Crippen molar-refractivity contribution < 1.29 is 9.90 Å². The van der Waals surface area contributed by atoms with Crippen LogP contribution >= 0.6 is 0 Å². The molecular formula is C14H22N2O2. The van der Waals surface area contributed by atoms with Crippen molar-refractivity contribution in [2.45, 2.75) is 26.4 Å². The van der Waals surface area contributed by atoms with Gasteiger partial charge in [0.2, 0.25) is 0 Å². The van der Waals surface area contributed by atoms with Crippen molar-refractivity contribution in [3.8, 4) is 0 Å². The first-order valence-electron chi connectivity index (χ1n) is 6.44. The van der Waals surface area contributed by atoms with Crippen LogP contribution in [0.5, 0.6) is 0 Å². The van der Waals surface area contributed by atoms with Crippen molar-refractivity contribution in [3.63, 3.8) is 0 Å². The lowest BCUT2D eigenvalue weighted by Crippen LogP contribution is -2.49. The molecule has 1 aromatic rings. The molecule has 1 atom stereocenters. The average Bonchev–Trinajstić information content (AvgIpc) is 2.70. The minimum atomic E-state index is -0.263. The molecule has 0 aromatic carbocycles. The quantitative estimate of drug-likeness (QED) is 0.823. The minimum absolute atomic E-state index is 0.130. The second-order valence-electron chi connectivity index (χ2n) is 5.99. The number of hydrogen-bond donors (Lipinski definition) is 1. The molecule has 1 aliphatic rings. The number of Topliss-reactive ketones (excluding diaryl/α,β-unsaturated/α-hetero) is 1. The predicted molar refractivity (Wildman–Crippen MR) is 70.6 cm³/mol. The topological polar surface area (TPSA) is 45.5 Å². The van der Waals surface area contributed by atoms with E-state index in [-0.39, 0.29) is 17.3 Å². The van der Waals surface area contributed by atoms with Crippen molar-refractivity contribution in [1.82, 2.24) is 9.47 Å². The fourth-order valence-electron chi connectivity index (χ4n) is 2.55. The first kappa shape index (κ1) is 13.3. The molecule has 2 rings (SSSR count). The first-order chi connectivity index (χ1) is 8.38. The van der Waals surface area contributed by atoms with E-state index >= 15 is 0 Å². The summed E-state index contributed by atoms with van der Waals surface area (Å²) in [7, 11) is 1.91. The second kappa shape index (κ2) is 4.86. The Morgan fingerprint density at radius 1 is 1.56 bits per heavy atom. The number of carbonyl (C=O) groups excluding carboxylic acids is 1. The molecule has 0 radical (unpaired) electrons. The summed E-state index contributed by atoms with van der Waals surface area (Å²) >= 11 is 0. The van der Waals surface area contributed by atoms with Crippen molar-refractivity contribution >= 4 is 5.78 Å². The van der Waals surface area contributed by atoms with Gasteiger partial charge in [0.25, 0.3) is 0 Å². The van der Waals surface area contributed by atoms with Gasteiger partial charge < -0.3 is 9.67 Å². The fourth-order valence-corrected chi connectivity index (χ4v) is 2.55. The molecule has 0 aliphatic carbocycles. The van der Waals surface area contributed by atoms with Crippen LogP contribution in [0.15, 0.2) is 18.5 Å². The van der Waals surface area contributed by atoms with Crippen LogP contribution in [0, 0.1) is 5.41 Å². The molecule has 1 saturated heterocycles. The Labute approximate surface area is 108 Å². The lowest BCUT2D eigenvalue weighted by molar-refractivity contribution is -0.0223. The summed E-state index contributed by atoms with van der Waals surface area (Å²) in [5.74, 6) is 0.155. The van der Waals surface area contributed by atoms with Gasteiger partial charge in [-0.1, -0.05) is 13.8 Å². The number of carbonyl (C=O) groups is 1. The maximum atomic E-state index is 12.1. The van der Waals surface area contributed by atoms with E-state index in [1.807, 2.05) is 30.1 Å². The molecule has 4 heteroatoms. The average molecular weight is 250 g/mol. The van der Waals surface area contributed by atoms with Crippen LogP contribution in [-0.4, -0.2) is 46.1 Å². The third-order valence-corrected chi connectivity index (χ3v) is 3.77. The van der Waals surface area contributed by atoms with Crippen LogP contribution < -0.4 is 0 Å². The highest BCUT2D eigenvalue weighted by Crippen LogP contribution is 2.29. The van der Waals surface area contributed by atoms with Gasteiger partial charge in [-0.25, -0.2) is 0 Å². The second-order valence-corrected chi connectivity index (χ2v) is 5.99. The van der Waals surface area contributed by atoms with Gasteiger partial charge in [0.05, 0.1) is 12.6 Å². The van der Waals surface area contributed by atoms with Gasteiger partial charge >= 0.3 is 0 Å². The lowest BCUT2D eigenvalue weighted by Gasteiger charge is -2.41. The van der Waals surface area contributed by atoms with Crippen molar-refractivity contribution in [2.24, 2.45) is 12.5 Å². The molecule has 4 nitrogen and oxygen atoms in total. The van der Waals surface area contributed by atoms with Gasteiger partial charge in [0.15, 0.2) is 5.78 Å². The smallest absolute Gasteiger partial charge is 0.178 e. The number of nitrogens with zero attached hydrogens (tertiary/aromatic N) is 2. The van der Waals surface area contributed by atoms with Crippen molar-refractivity contribution in [1.29, 1.82) is 0 Å². The van der Waals surface area contributed by atoms with E-state index in [9.17, 15) is 9.90 Å². The number of rotatable bonds is 3. The number of hydrogen-bond acceptors (Lipinski definition) is 3. The zero-order valence-electron chi connectivity index (χ0n) is 11.4. The molecule has 0 spiro atoms. The molecule has 0 amide bonds. The summed E-state index contributed by atoms with van der Waals surface area (Å²) in [5, 5.41) is 9.89. The van der Waals surface area contributed by atoms with Crippen LogP contribution in [0.1, 0.15) is 30.6 Å². The molecule has 1 aromatic heterocycles. The number of aryl methyl sites for hydroxylation is 1. The van der Waals surface area contributed by atoms with Crippen LogP contribution in [0.4, 0.5) is 0 Å². The summed E-state index contributed by atoms with van der Waals surface area (Å²) in [4.78, 5) is 14.2. The molecule has 1 unspecified atom stereocenters. The highest BCUT2D eigenvalue weighted by atomic mass is 16.3. The maximum absolute atomic E-state index is 12.1. The third kappa shape index (κ3) is 2.82. The Bertz CT molecular complexity index is 437. The molecule has 0 bridgehead atoms. The minimum Gasteiger partial charge on any atom is -0.392 e. The summed E-state index contributed by atoms with van der Waals surface area (Å²) in [6, 6.07) is 1.85. The van der Waals surface area contributed by atoms with Crippen LogP contribution in [0.2, 0.25) is 0 Å². The van der Waals surface area contributed by atoms with Crippen LogP contribution in [0.25, 0.3) is 0 Å². The van der Waals surface area contributed by atoms with E-state index in [2.05, 4.69) is 18.7 Å². The SMILES string of the molecule is Cn1ccc(C(=O)CN2CCC(O)C(C)(C)C2)c1. The number of aliphatic hydroxyl groups is 1. The normalized spacial score (nSPS) is 24.1. The van der Waals surface area contributed by atoms with Gasteiger partial charge in [-0.15, -0.1) is 0 Å². The number of aromatic nitrogens is 1. The predicted octanol–water partition coefficient (Wildman–Crippen LogP) is 1.30. The van der Waals surface area contributed by atoms with E-state index < -0.39 is 0 Å². The summed E-state index contributed by atoms with van der Waals surface area (Å²) in [6.45, 7) is 6.11. The molecule has 0 saturated carbocycles. The Kier molecular flexibility index (Phi) is 3.59. The first-order valence-corrected chi connectivity index (χ1v) is 6.44. The monoisotopic (exact) mass is 250 g/mol. The fraction of sp³-hybridized carbons (Fsp3) is 0.643. The molecule has 1 fully saturated rings. The molecule has 100 valence electrons. The standard InChI is InChI=1S/C14H22N2O2/c1-14(2)10-16(7-5-13(14)18)9-12(17)11-4-6-15(3)8-11/h4,6,8,13,18H,5,7,9-10H2,1-3H3. The highest BCUT2D eigenvalue weighted by Gasteiger charge is 2.35. The van der Waals surface area contributed by atoms with Crippen LogP contribution in [0.3, 0.4) is 0 Å². The van der Waals surface area contributed by atoms with Crippen molar-refractivity contribution in [2.75, 3.05) is 19.6 Å². The summed E-state index contributed by atoms with van der Waals surface area (Å²) in [6.07, 6.45) is 4.22. The van der Waals surface area contributed by atoms with E-state index in [0.717, 1.165) is 25.1 Å². The Balaban J connectivity index is 1.96. The maximum Gasteiger partial charge on any atom is 0.178 e. The van der Waals surface area contributed by atoms with E-state index in [4.69, 9.17) is 0 Å². The van der Waals surface area contributed by atoms with Crippen LogP contribution in [-0.2, 0) is 7.05 Å².